The standard InChI is InChI=1S/C17H17F2NO2/c1-11(12-8-9-14(18)15(19)10-12)20(2)17(21)13-6-4-5-7-16(13)22-3/h4-11H,1-3H3. The van der Waals surface area contributed by atoms with Gasteiger partial charge in [0.15, 0.2) is 11.6 Å². The third-order valence-electron chi connectivity index (χ3n) is 3.66. The van der Waals surface area contributed by atoms with E-state index in [0.29, 0.717) is 16.9 Å². The predicted molar refractivity (Wildman–Crippen MR) is 79.9 cm³/mol. The topological polar surface area (TPSA) is 29.5 Å². The molecular weight excluding hydrogens is 288 g/mol. The number of amides is 1. The van der Waals surface area contributed by atoms with Crippen molar-refractivity contribution in [1.82, 2.24) is 4.90 Å². The molecule has 0 radical (unpaired) electrons. The summed E-state index contributed by atoms with van der Waals surface area (Å²) in [5.41, 5.74) is 0.937. The number of halogens is 2. The number of rotatable bonds is 4. The Hall–Kier alpha value is -2.43. The minimum atomic E-state index is -0.928. The molecule has 2 rings (SSSR count). The number of methoxy groups -OCH3 is 1. The number of nitrogens with zero attached hydrogens (tertiary/aromatic N) is 1. The zero-order valence-corrected chi connectivity index (χ0v) is 12.6. The second-order valence-corrected chi connectivity index (χ2v) is 4.97. The van der Waals surface area contributed by atoms with E-state index in [1.165, 1.54) is 18.1 Å². The monoisotopic (exact) mass is 305 g/mol. The Balaban J connectivity index is 2.28. The van der Waals surface area contributed by atoms with E-state index in [2.05, 4.69) is 0 Å². The maximum atomic E-state index is 13.3. The molecule has 0 fully saturated rings. The fourth-order valence-corrected chi connectivity index (χ4v) is 2.18. The van der Waals surface area contributed by atoms with Crippen LogP contribution in [-0.4, -0.2) is 25.0 Å². The second kappa shape index (κ2) is 6.56. The summed E-state index contributed by atoms with van der Waals surface area (Å²) in [6.07, 6.45) is 0. The van der Waals surface area contributed by atoms with Gasteiger partial charge in [-0.3, -0.25) is 4.79 Å². The third kappa shape index (κ3) is 3.08. The van der Waals surface area contributed by atoms with Crippen LogP contribution >= 0.6 is 0 Å². The van der Waals surface area contributed by atoms with Gasteiger partial charge in [0, 0.05) is 7.05 Å². The first-order valence-electron chi connectivity index (χ1n) is 6.80. The molecule has 0 aliphatic heterocycles. The van der Waals surface area contributed by atoms with Crippen molar-refractivity contribution in [2.75, 3.05) is 14.2 Å². The molecule has 0 aliphatic carbocycles. The van der Waals surface area contributed by atoms with Gasteiger partial charge in [0.25, 0.3) is 5.91 Å². The van der Waals surface area contributed by atoms with Gasteiger partial charge in [-0.15, -0.1) is 0 Å². The predicted octanol–water partition coefficient (Wildman–Crippen LogP) is 3.81. The zero-order chi connectivity index (χ0) is 16.3. The highest BCUT2D eigenvalue weighted by Gasteiger charge is 2.22. The molecule has 0 saturated heterocycles. The van der Waals surface area contributed by atoms with Crippen molar-refractivity contribution < 1.29 is 18.3 Å². The Labute approximate surface area is 128 Å². The minimum absolute atomic E-state index is 0.255. The summed E-state index contributed by atoms with van der Waals surface area (Å²) in [4.78, 5) is 14.0. The van der Waals surface area contributed by atoms with Crippen molar-refractivity contribution in [2.24, 2.45) is 0 Å². The van der Waals surface area contributed by atoms with Crippen LogP contribution in [0.1, 0.15) is 28.9 Å². The molecule has 116 valence electrons. The molecule has 0 bridgehead atoms. The summed E-state index contributed by atoms with van der Waals surface area (Å²) in [5, 5.41) is 0. The Morgan fingerprint density at radius 1 is 1.14 bits per heavy atom. The lowest BCUT2D eigenvalue weighted by atomic mass is 10.1. The van der Waals surface area contributed by atoms with Crippen molar-refractivity contribution in [3.05, 3.63) is 65.2 Å². The van der Waals surface area contributed by atoms with Gasteiger partial charge in [0.2, 0.25) is 0 Å². The Bertz CT molecular complexity index is 688. The highest BCUT2D eigenvalue weighted by molar-refractivity contribution is 5.97. The highest BCUT2D eigenvalue weighted by Crippen LogP contribution is 2.25. The lowest BCUT2D eigenvalue weighted by Crippen LogP contribution is -2.30. The zero-order valence-electron chi connectivity index (χ0n) is 12.6. The molecule has 0 N–H and O–H groups in total. The van der Waals surface area contributed by atoms with Gasteiger partial charge in [0.1, 0.15) is 5.75 Å². The molecule has 22 heavy (non-hydrogen) atoms. The van der Waals surface area contributed by atoms with Gasteiger partial charge < -0.3 is 9.64 Å². The average molecular weight is 305 g/mol. The van der Waals surface area contributed by atoms with E-state index >= 15 is 0 Å². The van der Waals surface area contributed by atoms with Crippen molar-refractivity contribution in [2.45, 2.75) is 13.0 Å². The summed E-state index contributed by atoms with van der Waals surface area (Å²) in [6, 6.07) is 10.1. The Kier molecular flexibility index (Phi) is 4.75. The van der Waals surface area contributed by atoms with Crippen LogP contribution in [-0.2, 0) is 0 Å². The van der Waals surface area contributed by atoms with Crippen LogP contribution < -0.4 is 4.74 Å². The molecule has 0 spiro atoms. The smallest absolute Gasteiger partial charge is 0.257 e. The molecule has 0 aliphatic rings. The van der Waals surface area contributed by atoms with Gasteiger partial charge in [0.05, 0.1) is 18.7 Å². The minimum Gasteiger partial charge on any atom is -0.496 e. The Morgan fingerprint density at radius 2 is 1.82 bits per heavy atom. The molecule has 2 aromatic carbocycles. The summed E-state index contributed by atoms with van der Waals surface area (Å²) < 4.78 is 31.5. The average Bonchev–Trinajstić information content (AvgIpc) is 2.55. The fraction of sp³-hybridized carbons (Fsp3) is 0.235. The first-order valence-corrected chi connectivity index (χ1v) is 6.80. The normalized spacial score (nSPS) is 11.9. The van der Waals surface area contributed by atoms with E-state index in [1.54, 1.807) is 38.2 Å². The molecule has 2 aromatic rings. The largest absolute Gasteiger partial charge is 0.496 e. The number of hydrogen-bond donors (Lipinski definition) is 0. The van der Waals surface area contributed by atoms with Crippen LogP contribution in [0.3, 0.4) is 0 Å². The van der Waals surface area contributed by atoms with E-state index in [4.69, 9.17) is 4.74 Å². The molecule has 0 aromatic heterocycles. The molecule has 1 unspecified atom stereocenters. The van der Waals surface area contributed by atoms with Crippen molar-refractivity contribution in [3.8, 4) is 5.75 Å². The van der Waals surface area contributed by atoms with E-state index in [1.807, 2.05) is 0 Å². The lowest BCUT2D eigenvalue weighted by Gasteiger charge is -2.26. The summed E-state index contributed by atoms with van der Waals surface area (Å²) >= 11 is 0. The lowest BCUT2D eigenvalue weighted by molar-refractivity contribution is 0.0739. The number of carbonyl (C=O) groups is 1. The van der Waals surface area contributed by atoms with Crippen LogP contribution in [0.5, 0.6) is 5.75 Å². The van der Waals surface area contributed by atoms with E-state index in [-0.39, 0.29) is 5.91 Å². The molecule has 5 heteroatoms. The van der Waals surface area contributed by atoms with Crippen LogP contribution in [0.2, 0.25) is 0 Å². The van der Waals surface area contributed by atoms with Crippen LogP contribution in [0.25, 0.3) is 0 Å². The molecule has 3 nitrogen and oxygen atoms in total. The number of benzene rings is 2. The van der Waals surface area contributed by atoms with E-state index in [0.717, 1.165) is 12.1 Å². The first kappa shape index (κ1) is 15.9. The molecule has 0 saturated carbocycles. The van der Waals surface area contributed by atoms with Gasteiger partial charge >= 0.3 is 0 Å². The summed E-state index contributed by atoms with van der Waals surface area (Å²) in [5.74, 6) is -1.62. The maximum absolute atomic E-state index is 13.3. The number of para-hydroxylation sites is 1. The quantitative estimate of drug-likeness (QED) is 0.859. The number of carbonyl (C=O) groups excluding carboxylic acids is 1. The third-order valence-corrected chi connectivity index (χ3v) is 3.66. The van der Waals surface area contributed by atoms with Crippen LogP contribution in [0, 0.1) is 11.6 Å². The molecular formula is C17H17F2NO2. The Morgan fingerprint density at radius 3 is 2.45 bits per heavy atom. The summed E-state index contributed by atoms with van der Waals surface area (Å²) in [7, 11) is 3.10. The fourth-order valence-electron chi connectivity index (χ4n) is 2.18. The van der Waals surface area contributed by atoms with Crippen molar-refractivity contribution >= 4 is 5.91 Å². The van der Waals surface area contributed by atoms with Crippen LogP contribution in [0.4, 0.5) is 8.78 Å². The number of ether oxygens (including phenoxy) is 1. The highest BCUT2D eigenvalue weighted by atomic mass is 19.2. The number of hydrogen-bond acceptors (Lipinski definition) is 2. The van der Waals surface area contributed by atoms with E-state index < -0.39 is 17.7 Å². The maximum Gasteiger partial charge on any atom is 0.257 e. The van der Waals surface area contributed by atoms with Crippen LogP contribution in [0.15, 0.2) is 42.5 Å². The van der Waals surface area contributed by atoms with Crippen molar-refractivity contribution in [1.29, 1.82) is 0 Å². The summed E-state index contributed by atoms with van der Waals surface area (Å²) in [6.45, 7) is 1.75. The van der Waals surface area contributed by atoms with Gasteiger partial charge in [-0.05, 0) is 36.8 Å². The van der Waals surface area contributed by atoms with Gasteiger partial charge in [-0.1, -0.05) is 18.2 Å². The van der Waals surface area contributed by atoms with Gasteiger partial charge in [-0.2, -0.15) is 0 Å². The van der Waals surface area contributed by atoms with Gasteiger partial charge in [-0.25, -0.2) is 8.78 Å². The first-order chi connectivity index (χ1) is 10.5. The van der Waals surface area contributed by atoms with Crippen molar-refractivity contribution in [3.63, 3.8) is 0 Å². The van der Waals surface area contributed by atoms with E-state index in [9.17, 15) is 13.6 Å². The SMILES string of the molecule is COc1ccccc1C(=O)N(C)C(C)c1ccc(F)c(F)c1. The molecule has 1 amide bonds. The second-order valence-electron chi connectivity index (χ2n) is 4.97. The molecule has 1 atom stereocenters. The molecule has 0 heterocycles.